The predicted octanol–water partition coefficient (Wildman–Crippen LogP) is 3.25. The third-order valence-corrected chi connectivity index (χ3v) is 6.41. The van der Waals surface area contributed by atoms with Crippen LogP contribution in [0.3, 0.4) is 0 Å². The zero-order valence-electron chi connectivity index (χ0n) is 17.0. The Morgan fingerprint density at radius 3 is 2.14 bits per heavy atom. The zero-order chi connectivity index (χ0) is 21.6. The Balaban J connectivity index is 1.91. The lowest BCUT2D eigenvalue weighted by atomic mass is 9.99. The molecule has 0 unspecified atom stereocenters. The first-order chi connectivity index (χ1) is 13.6. The third-order valence-electron chi connectivity index (χ3n) is 4.58. The number of hydrogen-bond acceptors (Lipinski definition) is 5. The molecular formula is C21H26N2O5S. The Kier molecular flexibility index (Phi) is 7.53. The third kappa shape index (κ3) is 5.88. The lowest BCUT2D eigenvalue weighted by Crippen LogP contribution is -2.22. The lowest BCUT2D eigenvalue weighted by Gasteiger charge is -2.12. The molecule has 0 aliphatic heterocycles. The highest BCUT2D eigenvalue weighted by Gasteiger charge is 2.18. The monoisotopic (exact) mass is 418 g/mol. The number of amides is 1. The van der Waals surface area contributed by atoms with Gasteiger partial charge in [0.25, 0.3) is 5.91 Å². The van der Waals surface area contributed by atoms with Gasteiger partial charge in [-0.05, 0) is 54.3 Å². The van der Waals surface area contributed by atoms with E-state index in [1.54, 1.807) is 0 Å². The summed E-state index contributed by atoms with van der Waals surface area (Å²) in [4.78, 5) is 24.2. The van der Waals surface area contributed by atoms with Crippen molar-refractivity contribution in [2.75, 3.05) is 26.0 Å². The van der Waals surface area contributed by atoms with Gasteiger partial charge in [0.05, 0.1) is 10.5 Å². The average Bonchev–Trinajstić information content (AvgIpc) is 2.72. The van der Waals surface area contributed by atoms with Crippen molar-refractivity contribution in [2.45, 2.75) is 31.1 Å². The van der Waals surface area contributed by atoms with Gasteiger partial charge in [0.15, 0.2) is 6.61 Å². The van der Waals surface area contributed by atoms with Gasteiger partial charge in [-0.3, -0.25) is 4.79 Å². The van der Waals surface area contributed by atoms with Crippen molar-refractivity contribution in [3.63, 3.8) is 0 Å². The number of nitrogens with one attached hydrogen (secondary N) is 1. The van der Waals surface area contributed by atoms with Gasteiger partial charge >= 0.3 is 5.97 Å². The highest BCUT2D eigenvalue weighted by atomic mass is 32.2. The van der Waals surface area contributed by atoms with E-state index in [-0.39, 0.29) is 10.5 Å². The van der Waals surface area contributed by atoms with Gasteiger partial charge in [-0.1, -0.05) is 26.0 Å². The summed E-state index contributed by atoms with van der Waals surface area (Å²) in [5, 5.41) is 2.67. The van der Waals surface area contributed by atoms with Gasteiger partial charge in [-0.25, -0.2) is 17.5 Å². The normalized spacial score (nSPS) is 12.4. The fourth-order valence-electron chi connectivity index (χ4n) is 2.52. The lowest BCUT2D eigenvalue weighted by molar-refractivity contribution is -0.119. The molecule has 0 saturated carbocycles. The smallest absolute Gasteiger partial charge is 0.338 e. The van der Waals surface area contributed by atoms with Gasteiger partial charge in [0.1, 0.15) is 0 Å². The van der Waals surface area contributed by atoms with E-state index in [0.717, 1.165) is 10.7 Å². The van der Waals surface area contributed by atoms with E-state index in [2.05, 4.69) is 19.2 Å². The van der Waals surface area contributed by atoms with Crippen LogP contribution >= 0.6 is 0 Å². The van der Waals surface area contributed by atoms with Crippen molar-refractivity contribution >= 4 is 27.6 Å². The number of sulfonamides is 1. The van der Waals surface area contributed by atoms with Crippen LogP contribution in [0.1, 0.15) is 42.1 Å². The quantitative estimate of drug-likeness (QED) is 0.665. The van der Waals surface area contributed by atoms with E-state index < -0.39 is 28.5 Å². The summed E-state index contributed by atoms with van der Waals surface area (Å²) in [6.07, 6.45) is 1.03. The number of ether oxygens (including phenoxy) is 1. The average molecular weight is 419 g/mol. The standard InChI is InChI=1S/C21H26N2O5S/c1-5-15(2)16-6-10-18(11-7-16)22-20(24)14-28-21(25)17-8-12-19(13-9-17)29(26,27)23(3)4/h6-13,15H,5,14H2,1-4H3,(H,22,24)/t15-/m0/s1. The number of carbonyl (C=O) groups excluding carboxylic acids is 2. The predicted molar refractivity (Wildman–Crippen MR) is 111 cm³/mol. The summed E-state index contributed by atoms with van der Waals surface area (Å²) in [6, 6.07) is 12.9. The van der Waals surface area contributed by atoms with Crippen LogP contribution < -0.4 is 5.32 Å². The molecule has 0 heterocycles. The number of benzene rings is 2. The molecule has 7 nitrogen and oxygen atoms in total. The van der Waals surface area contributed by atoms with Crippen LogP contribution in [0.4, 0.5) is 5.69 Å². The van der Waals surface area contributed by atoms with Crippen LogP contribution in [0.5, 0.6) is 0 Å². The van der Waals surface area contributed by atoms with Gasteiger partial charge in [0, 0.05) is 19.8 Å². The SMILES string of the molecule is CC[C@H](C)c1ccc(NC(=O)COC(=O)c2ccc(S(=O)(=O)N(C)C)cc2)cc1. The van der Waals surface area contributed by atoms with Gasteiger partial charge in [-0.15, -0.1) is 0 Å². The first kappa shape index (κ1) is 22.6. The molecule has 2 rings (SSSR count). The van der Waals surface area contributed by atoms with Crippen molar-refractivity contribution in [3.8, 4) is 0 Å². The van der Waals surface area contributed by atoms with E-state index >= 15 is 0 Å². The number of hydrogen-bond donors (Lipinski definition) is 1. The first-order valence-corrected chi connectivity index (χ1v) is 10.7. The molecule has 0 aliphatic carbocycles. The Labute approximate surface area is 171 Å². The van der Waals surface area contributed by atoms with Crippen LogP contribution in [0.25, 0.3) is 0 Å². The molecule has 0 saturated heterocycles. The highest BCUT2D eigenvalue weighted by molar-refractivity contribution is 7.89. The highest BCUT2D eigenvalue weighted by Crippen LogP contribution is 2.20. The Morgan fingerprint density at radius 1 is 1.03 bits per heavy atom. The first-order valence-electron chi connectivity index (χ1n) is 9.24. The van der Waals surface area contributed by atoms with Gasteiger partial charge in [0.2, 0.25) is 10.0 Å². The molecule has 0 aliphatic rings. The zero-order valence-corrected chi connectivity index (χ0v) is 17.8. The Morgan fingerprint density at radius 2 is 1.62 bits per heavy atom. The summed E-state index contributed by atoms with van der Waals surface area (Å²) in [5.74, 6) is -0.720. The molecule has 156 valence electrons. The van der Waals surface area contributed by atoms with Crippen LogP contribution in [0.15, 0.2) is 53.4 Å². The molecule has 0 spiro atoms. The van der Waals surface area contributed by atoms with Crippen LogP contribution in [0.2, 0.25) is 0 Å². The largest absolute Gasteiger partial charge is 0.452 e. The van der Waals surface area contributed by atoms with Gasteiger partial charge < -0.3 is 10.1 Å². The maximum atomic E-state index is 12.1. The second kappa shape index (κ2) is 9.67. The molecule has 0 radical (unpaired) electrons. The number of nitrogens with zero attached hydrogens (tertiary/aromatic N) is 1. The van der Waals surface area contributed by atoms with Gasteiger partial charge in [-0.2, -0.15) is 0 Å². The Hall–Kier alpha value is -2.71. The second-order valence-electron chi connectivity index (χ2n) is 6.87. The van der Waals surface area contributed by atoms with Crippen molar-refractivity contribution in [3.05, 3.63) is 59.7 Å². The van der Waals surface area contributed by atoms with E-state index in [1.165, 1.54) is 43.9 Å². The van der Waals surface area contributed by atoms with Crippen molar-refractivity contribution in [2.24, 2.45) is 0 Å². The molecule has 1 N–H and O–H groups in total. The minimum atomic E-state index is -3.57. The number of carbonyl (C=O) groups is 2. The molecule has 29 heavy (non-hydrogen) atoms. The van der Waals surface area contributed by atoms with Crippen molar-refractivity contribution in [1.29, 1.82) is 0 Å². The topological polar surface area (TPSA) is 92.8 Å². The van der Waals surface area contributed by atoms with Crippen molar-refractivity contribution < 1.29 is 22.7 Å². The molecule has 0 aromatic heterocycles. The van der Waals surface area contributed by atoms with Crippen LogP contribution in [-0.4, -0.2) is 45.3 Å². The number of anilines is 1. The number of rotatable bonds is 8. The van der Waals surface area contributed by atoms with Crippen LogP contribution in [0, 0.1) is 0 Å². The second-order valence-corrected chi connectivity index (χ2v) is 9.02. The van der Waals surface area contributed by atoms with Crippen molar-refractivity contribution in [1.82, 2.24) is 4.31 Å². The van der Waals surface area contributed by atoms with E-state index in [9.17, 15) is 18.0 Å². The summed E-state index contributed by atoms with van der Waals surface area (Å²) < 4.78 is 30.2. The maximum absolute atomic E-state index is 12.1. The molecule has 1 atom stereocenters. The molecule has 0 fully saturated rings. The fraction of sp³-hybridized carbons (Fsp3) is 0.333. The molecule has 0 bridgehead atoms. The fourth-order valence-corrected chi connectivity index (χ4v) is 3.42. The molecule has 2 aromatic carbocycles. The van der Waals surface area contributed by atoms with E-state index in [1.807, 2.05) is 24.3 Å². The van der Waals surface area contributed by atoms with E-state index in [4.69, 9.17) is 4.74 Å². The molecular weight excluding hydrogens is 392 g/mol. The maximum Gasteiger partial charge on any atom is 0.338 e. The van der Waals surface area contributed by atoms with Crippen LogP contribution in [-0.2, 0) is 19.6 Å². The molecule has 2 aromatic rings. The summed E-state index contributed by atoms with van der Waals surface area (Å²) in [5.41, 5.74) is 1.97. The minimum absolute atomic E-state index is 0.0673. The number of esters is 1. The van der Waals surface area contributed by atoms with E-state index in [0.29, 0.717) is 11.6 Å². The molecule has 8 heteroatoms. The Bertz CT molecular complexity index is 952. The minimum Gasteiger partial charge on any atom is -0.452 e. The summed E-state index contributed by atoms with van der Waals surface area (Å²) in [6.45, 7) is 3.81. The summed E-state index contributed by atoms with van der Waals surface area (Å²) >= 11 is 0. The summed E-state index contributed by atoms with van der Waals surface area (Å²) in [7, 11) is -0.724. The molecule has 1 amide bonds.